The molecule has 0 aliphatic carbocycles. The molecule has 1 saturated heterocycles. The number of carboxylic acid groups (broad SMARTS) is 1. The van der Waals surface area contributed by atoms with Gasteiger partial charge in [-0.1, -0.05) is 12.1 Å². The minimum absolute atomic E-state index is 0.0223. The third-order valence-corrected chi connectivity index (χ3v) is 9.34. The number of alkyl halides is 3. The molecule has 0 aromatic heterocycles. The normalized spacial score (nSPS) is 15.2. The Morgan fingerprint density at radius 1 is 0.878 bits per heavy atom. The van der Waals surface area contributed by atoms with Gasteiger partial charge in [0.05, 0.1) is 16.0 Å². The van der Waals surface area contributed by atoms with Crippen molar-refractivity contribution in [3.8, 4) is 11.5 Å². The number of nitrogens with zero attached hydrogens (tertiary/aromatic N) is 1. The van der Waals surface area contributed by atoms with Gasteiger partial charge in [-0.15, -0.1) is 0 Å². The van der Waals surface area contributed by atoms with Gasteiger partial charge in [-0.25, -0.2) is 18.7 Å². The zero-order valence-corrected chi connectivity index (χ0v) is 21.9. The molecule has 0 unspecified atom stereocenters. The summed E-state index contributed by atoms with van der Waals surface area (Å²) in [4.78, 5) is 37.7. The van der Waals surface area contributed by atoms with Crippen LogP contribution in [0.15, 0.2) is 77.7 Å². The average molecular weight is 593 g/mol. The van der Waals surface area contributed by atoms with Crippen molar-refractivity contribution in [3.63, 3.8) is 0 Å². The zero-order valence-electron chi connectivity index (χ0n) is 21.1. The maximum atomic E-state index is 13.7. The number of carbonyl (C=O) groups is 3. The van der Waals surface area contributed by atoms with E-state index in [2.05, 4.69) is 0 Å². The molecule has 14 heteroatoms. The van der Waals surface area contributed by atoms with Crippen LogP contribution >= 0.6 is 0 Å². The van der Waals surface area contributed by atoms with Crippen molar-refractivity contribution in [3.05, 3.63) is 89.5 Å². The molecule has 0 radical (unpaired) electrons. The van der Waals surface area contributed by atoms with Gasteiger partial charge >= 0.3 is 12.1 Å². The Kier molecular flexibility index (Phi) is 8.08. The Bertz CT molecular complexity index is 1570. The van der Waals surface area contributed by atoms with Gasteiger partial charge < -0.3 is 14.7 Å². The van der Waals surface area contributed by atoms with Crippen molar-refractivity contribution in [2.45, 2.75) is 28.7 Å². The smallest absolute Gasteiger partial charge is 0.419 e. The number of rotatable bonds is 7. The van der Waals surface area contributed by atoms with Crippen molar-refractivity contribution < 1.29 is 51.0 Å². The number of hydroxylamine groups is 1. The first-order valence-electron chi connectivity index (χ1n) is 12.1. The van der Waals surface area contributed by atoms with E-state index in [1.54, 1.807) is 0 Å². The molecule has 0 spiro atoms. The topological polar surface area (TPSA) is 150 Å². The second-order valence-electron chi connectivity index (χ2n) is 9.18. The molecule has 1 fully saturated rings. The van der Waals surface area contributed by atoms with E-state index in [-0.39, 0.29) is 47.7 Å². The number of likely N-dealkylation sites (tertiary alicyclic amines) is 1. The summed E-state index contributed by atoms with van der Waals surface area (Å²) in [5, 5.41) is 18.4. The number of ether oxygens (including phenoxy) is 1. The predicted molar refractivity (Wildman–Crippen MR) is 136 cm³/mol. The number of benzene rings is 3. The molecule has 10 nitrogen and oxygen atoms in total. The SMILES string of the molecule is O=C(O)c1ccc(C(=O)N2CCC(C(=O)NO)(S(=O)(=O)c3ccc(Oc4ccccc4C(F)(F)F)cc3)CC2)cc1. The van der Waals surface area contributed by atoms with E-state index in [1.807, 2.05) is 0 Å². The van der Waals surface area contributed by atoms with Crippen molar-refractivity contribution in [2.24, 2.45) is 0 Å². The molecule has 41 heavy (non-hydrogen) atoms. The molecule has 0 bridgehead atoms. The number of para-hydroxylation sites is 1. The third-order valence-electron chi connectivity index (χ3n) is 6.82. The summed E-state index contributed by atoms with van der Waals surface area (Å²) < 4.78 is 70.4. The van der Waals surface area contributed by atoms with Crippen LogP contribution in [0.25, 0.3) is 0 Å². The van der Waals surface area contributed by atoms with E-state index in [0.717, 1.165) is 36.4 Å². The standard InChI is InChI=1S/C27H23F3N2O8S/c28-27(29,30)21-3-1-2-4-22(21)40-19-9-11-20(12-10-19)41(38,39)26(25(36)31-37)13-15-32(16-14-26)23(33)17-5-7-18(8-6-17)24(34)35/h1-12,37H,13-16H2,(H,31,36)(H,34,35). The first-order valence-corrected chi connectivity index (χ1v) is 13.5. The summed E-state index contributed by atoms with van der Waals surface area (Å²) in [6.45, 7) is -0.358. The molecule has 216 valence electrons. The fourth-order valence-electron chi connectivity index (χ4n) is 4.56. The molecule has 3 aromatic carbocycles. The van der Waals surface area contributed by atoms with Gasteiger partial charge in [-0.3, -0.25) is 14.8 Å². The lowest BCUT2D eigenvalue weighted by atomic mass is 9.94. The number of hydrogen-bond donors (Lipinski definition) is 3. The molecule has 4 rings (SSSR count). The molecule has 2 amide bonds. The molecule has 1 aliphatic rings. The monoisotopic (exact) mass is 592 g/mol. The summed E-state index contributed by atoms with van der Waals surface area (Å²) in [5.74, 6) is -3.44. The number of carbonyl (C=O) groups excluding carboxylic acids is 2. The van der Waals surface area contributed by atoms with E-state index < -0.39 is 49.9 Å². The van der Waals surface area contributed by atoms with Crippen LogP contribution in [-0.2, 0) is 20.8 Å². The molecular formula is C27H23F3N2O8S. The quantitative estimate of drug-likeness (QED) is 0.274. The number of sulfone groups is 1. The van der Waals surface area contributed by atoms with E-state index in [0.29, 0.717) is 0 Å². The van der Waals surface area contributed by atoms with Crippen LogP contribution in [0.2, 0.25) is 0 Å². The summed E-state index contributed by atoms with van der Waals surface area (Å²) in [6.07, 6.45) is -5.43. The number of nitrogens with one attached hydrogen (secondary N) is 1. The molecule has 1 heterocycles. The Morgan fingerprint density at radius 2 is 1.44 bits per heavy atom. The van der Waals surface area contributed by atoms with Crippen molar-refractivity contribution in [1.82, 2.24) is 10.4 Å². The molecule has 0 atom stereocenters. The molecular weight excluding hydrogens is 569 g/mol. The van der Waals surface area contributed by atoms with Crippen LogP contribution in [0, 0.1) is 0 Å². The van der Waals surface area contributed by atoms with E-state index in [1.165, 1.54) is 46.8 Å². The highest BCUT2D eigenvalue weighted by Gasteiger charge is 2.53. The Morgan fingerprint density at radius 3 is 1.98 bits per heavy atom. The molecule has 3 N–H and O–H groups in total. The molecule has 1 aliphatic heterocycles. The average Bonchev–Trinajstić information content (AvgIpc) is 2.96. The maximum Gasteiger partial charge on any atom is 0.419 e. The van der Waals surface area contributed by atoms with Crippen LogP contribution in [0.5, 0.6) is 11.5 Å². The Hall–Kier alpha value is -4.43. The second-order valence-corrected chi connectivity index (χ2v) is 11.4. The van der Waals surface area contributed by atoms with Crippen LogP contribution < -0.4 is 10.2 Å². The van der Waals surface area contributed by atoms with Gasteiger partial charge in [0.15, 0.2) is 14.6 Å². The Labute approximate surface area is 231 Å². The summed E-state index contributed by atoms with van der Waals surface area (Å²) in [7, 11) is -4.50. The van der Waals surface area contributed by atoms with Crippen LogP contribution in [-0.4, -0.2) is 59.3 Å². The van der Waals surface area contributed by atoms with E-state index in [4.69, 9.17) is 9.84 Å². The summed E-state index contributed by atoms with van der Waals surface area (Å²) in [5.41, 5.74) is 0.525. The van der Waals surface area contributed by atoms with E-state index >= 15 is 0 Å². The number of piperidine rings is 1. The van der Waals surface area contributed by atoms with Gasteiger partial charge in [-0.05, 0) is 73.5 Å². The van der Waals surface area contributed by atoms with E-state index in [9.17, 15) is 41.2 Å². The van der Waals surface area contributed by atoms with Crippen LogP contribution in [0.4, 0.5) is 13.2 Å². The fraction of sp³-hybridized carbons (Fsp3) is 0.222. The van der Waals surface area contributed by atoms with Crippen molar-refractivity contribution in [1.29, 1.82) is 0 Å². The highest BCUT2D eigenvalue weighted by atomic mass is 32.2. The minimum atomic E-state index is -4.68. The Balaban J connectivity index is 1.55. The number of aromatic carboxylic acids is 1. The maximum absolute atomic E-state index is 13.7. The first kappa shape index (κ1) is 29.6. The lowest BCUT2D eigenvalue weighted by Crippen LogP contribution is -2.58. The van der Waals surface area contributed by atoms with Crippen LogP contribution in [0.1, 0.15) is 39.1 Å². The predicted octanol–water partition coefficient (Wildman–Crippen LogP) is 4.15. The number of amides is 2. The van der Waals surface area contributed by atoms with Crippen molar-refractivity contribution >= 4 is 27.6 Å². The minimum Gasteiger partial charge on any atom is -0.478 e. The largest absolute Gasteiger partial charge is 0.478 e. The molecule has 0 saturated carbocycles. The van der Waals surface area contributed by atoms with Gasteiger partial charge in [0, 0.05) is 18.7 Å². The number of halogens is 3. The van der Waals surface area contributed by atoms with Gasteiger partial charge in [0.1, 0.15) is 11.5 Å². The number of carboxylic acids is 1. The molecule has 3 aromatic rings. The van der Waals surface area contributed by atoms with Gasteiger partial charge in [0.2, 0.25) is 0 Å². The highest BCUT2D eigenvalue weighted by Crippen LogP contribution is 2.39. The summed E-state index contributed by atoms with van der Waals surface area (Å²) in [6, 6.07) is 14.1. The zero-order chi connectivity index (χ0) is 30.0. The van der Waals surface area contributed by atoms with Gasteiger partial charge in [0.25, 0.3) is 11.8 Å². The summed E-state index contributed by atoms with van der Waals surface area (Å²) >= 11 is 0. The van der Waals surface area contributed by atoms with Gasteiger partial charge in [-0.2, -0.15) is 13.2 Å². The lowest BCUT2D eigenvalue weighted by Gasteiger charge is -2.39. The third kappa shape index (κ3) is 5.74. The highest BCUT2D eigenvalue weighted by molar-refractivity contribution is 7.93. The number of hydrogen-bond acceptors (Lipinski definition) is 7. The van der Waals surface area contributed by atoms with Crippen LogP contribution in [0.3, 0.4) is 0 Å². The lowest BCUT2D eigenvalue weighted by molar-refractivity contribution is -0.138. The van der Waals surface area contributed by atoms with Crippen molar-refractivity contribution in [2.75, 3.05) is 13.1 Å². The second kappa shape index (κ2) is 11.2. The first-order chi connectivity index (χ1) is 19.3. The fourth-order valence-corrected chi connectivity index (χ4v) is 6.51.